The Bertz CT molecular complexity index is 1180. The van der Waals surface area contributed by atoms with Crippen LogP contribution in [0.4, 0.5) is 5.69 Å². The van der Waals surface area contributed by atoms with E-state index in [1.807, 2.05) is 6.92 Å². The number of amides is 1. The molecule has 1 amide bonds. The maximum absolute atomic E-state index is 12.4. The number of aromatic nitrogens is 1. The Morgan fingerprint density at radius 2 is 2.21 bits per heavy atom. The third-order valence-electron chi connectivity index (χ3n) is 4.22. The number of non-ortho nitro benzene ring substituents is 1. The maximum Gasteiger partial charge on any atom is 0.305 e. The summed E-state index contributed by atoms with van der Waals surface area (Å²) in [6.07, 6.45) is 1.31. The molecule has 0 radical (unpaired) electrons. The number of esters is 1. The smallest absolute Gasteiger partial charge is 0.305 e. The van der Waals surface area contributed by atoms with Crippen molar-refractivity contribution >= 4 is 46.7 Å². The van der Waals surface area contributed by atoms with Crippen LogP contribution in [0.2, 0.25) is 0 Å². The van der Waals surface area contributed by atoms with Gasteiger partial charge in [0.15, 0.2) is 3.95 Å². The lowest BCUT2D eigenvalue weighted by atomic mass is 10.1. The SMILES string of the molecule is CCCOC(=O)CCCn1c(O)c(C2=c3cc([N+](=O)[O-])ccc3=NC2=O)sc1=S. The summed E-state index contributed by atoms with van der Waals surface area (Å²) in [5, 5.41) is 22.3. The summed E-state index contributed by atoms with van der Waals surface area (Å²) in [6, 6.07) is 3.92. The Kier molecular flexibility index (Phi) is 6.18. The summed E-state index contributed by atoms with van der Waals surface area (Å²) in [4.78, 5) is 38.6. The Labute approximate surface area is 173 Å². The second-order valence-electron chi connectivity index (χ2n) is 6.25. The van der Waals surface area contributed by atoms with Crippen molar-refractivity contribution in [3.63, 3.8) is 0 Å². The van der Waals surface area contributed by atoms with Crippen LogP contribution in [0.25, 0.3) is 5.57 Å². The zero-order chi connectivity index (χ0) is 21.1. The molecule has 0 bridgehead atoms. The van der Waals surface area contributed by atoms with E-state index >= 15 is 0 Å². The van der Waals surface area contributed by atoms with Gasteiger partial charge in [0.25, 0.3) is 11.6 Å². The molecular weight excluding hydrogens is 418 g/mol. The molecule has 2 heterocycles. The van der Waals surface area contributed by atoms with E-state index in [0.29, 0.717) is 22.3 Å². The van der Waals surface area contributed by atoms with Crippen LogP contribution >= 0.6 is 23.6 Å². The molecule has 0 fully saturated rings. The quantitative estimate of drug-likeness (QED) is 0.291. The van der Waals surface area contributed by atoms with Crippen LogP contribution in [0.5, 0.6) is 5.88 Å². The van der Waals surface area contributed by atoms with Gasteiger partial charge in [-0.1, -0.05) is 6.92 Å². The number of nitrogens with zero attached hydrogens (tertiary/aromatic N) is 3. The van der Waals surface area contributed by atoms with Crippen LogP contribution in [0.15, 0.2) is 23.2 Å². The number of aromatic hydroxyl groups is 1. The molecule has 0 saturated heterocycles. The minimum Gasteiger partial charge on any atom is -0.493 e. The molecule has 9 nitrogen and oxygen atoms in total. The molecule has 1 aliphatic heterocycles. The van der Waals surface area contributed by atoms with E-state index in [4.69, 9.17) is 17.0 Å². The van der Waals surface area contributed by atoms with Gasteiger partial charge in [-0.25, -0.2) is 4.99 Å². The van der Waals surface area contributed by atoms with Crippen LogP contribution in [0.1, 0.15) is 31.1 Å². The second kappa shape index (κ2) is 8.62. The monoisotopic (exact) mass is 435 g/mol. The van der Waals surface area contributed by atoms with Crippen LogP contribution in [0.3, 0.4) is 0 Å². The number of benzene rings is 1. The number of nitro groups is 1. The van der Waals surface area contributed by atoms with Gasteiger partial charge in [0.1, 0.15) is 4.88 Å². The van der Waals surface area contributed by atoms with Crippen LogP contribution in [0, 0.1) is 14.1 Å². The van der Waals surface area contributed by atoms with E-state index in [1.165, 1.54) is 22.8 Å². The van der Waals surface area contributed by atoms with E-state index in [9.17, 15) is 24.8 Å². The van der Waals surface area contributed by atoms with Crippen molar-refractivity contribution in [3.05, 3.63) is 47.7 Å². The number of rotatable bonds is 8. The van der Waals surface area contributed by atoms with Crippen molar-refractivity contribution < 1.29 is 24.4 Å². The largest absolute Gasteiger partial charge is 0.493 e. The normalized spacial score (nSPS) is 12.6. The Hall–Kier alpha value is -2.92. The van der Waals surface area contributed by atoms with E-state index in [1.54, 1.807) is 0 Å². The summed E-state index contributed by atoms with van der Waals surface area (Å²) in [6.45, 7) is 2.53. The highest BCUT2D eigenvalue weighted by Gasteiger charge is 2.26. The fourth-order valence-corrected chi connectivity index (χ4v) is 4.25. The topological polar surface area (TPSA) is 124 Å². The second-order valence-corrected chi connectivity index (χ2v) is 7.89. The van der Waals surface area contributed by atoms with Gasteiger partial charge in [-0.15, -0.1) is 11.3 Å². The zero-order valence-electron chi connectivity index (χ0n) is 15.4. The number of fused-ring (bicyclic) bond motifs is 1. The maximum atomic E-state index is 12.4. The van der Waals surface area contributed by atoms with Crippen molar-refractivity contribution in [2.45, 2.75) is 32.7 Å². The lowest BCUT2D eigenvalue weighted by molar-refractivity contribution is -0.385. The van der Waals surface area contributed by atoms with Gasteiger partial charge < -0.3 is 9.84 Å². The molecule has 29 heavy (non-hydrogen) atoms. The van der Waals surface area contributed by atoms with Gasteiger partial charge in [0.2, 0.25) is 5.88 Å². The number of carbonyl (C=O) groups is 2. The van der Waals surface area contributed by atoms with Crippen molar-refractivity contribution in [1.29, 1.82) is 0 Å². The minimum atomic E-state index is -0.595. The number of nitro benzene ring substituents is 1. The van der Waals surface area contributed by atoms with Crippen molar-refractivity contribution in [2.24, 2.45) is 4.99 Å². The highest BCUT2D eigenvalue weighted by Crippen LogP contribution is 2.33. The van der Waals surface area contributed by atoms with E-state index in [2.05, 4.69) is 4.99 Å². The summed E-state index contributed by atoms with van der Waals surface area (Å²) in [5.74, 6) is -1.14. The summed E-state index contributed by atoms with van der Waals surface area (Å²) in [7, 11) is 0. The number of hydrogen-bond acceptors (Lipinski definition) is 8. The molecule has 0 unspecified atom stereocenters. The van der Waals surface area contributed by atoms with Crippen molar-refractivity contribution in [1.82, 2.24) is 4.57 Å². The fraction of sp³-hybridized carbons (Fsp3) is 0.333. The number of ether oxygens (including phenoxy) is 1. The third-order valence-corrected chi connectivity index (χ3v) is 5.68. The Morgan fingerprint density at radius 1 is 1.45 bits per heavy atom. The molecule has 1 aromatic heterocycles. The van der Waals surface area contributed by atoms with Crippen molar-refractivity contribution in [2.75, 3.05) is 6.61 Å². The first-order chi connectivity index (χ1) is 13.8. The van der Waals surface area contributed by atoms with Crippen molar-refractivity contribution in [3.8, 4) is 5.88 Å². The molecule has 0 atom stereocenters. The number of carbonyl (C=O) groups excluding carboxylic acids is 2. The molecule has 1 aromatic carbocycles. The predicted octanol–water partition coefficient (Wildman–Crippen LogP) is 1.99. The molecule has 1 N–H and O–H groups in total. The molecule has 1 aliphatic rings. The number of thiazole rings is 1. The lowest BCUT2D eigenvalue weighted by Gasteiger charge is -2.06. The predicted molar refractivity (Wildman–Crippen MR) is 107 cm³/mol. The van der Waals surface area contributed by atoms with Gasteiger partial charge in [-0.2, -0.15) is 0 Å². The molecule has 0 saturated carbocycles. The first-order valence-electron chi connectivity index (χ1n) is 8.84. The van der Waals surface area contributed by atoms with E-state index in [-0.39, 0.29) is 46.2 Å². The number of hydrogen-bond donors (Lipinski definition) is 1. The molecule has 152 valence electrons. The van der Waals surface area contributed by atoms with Gasteiger partial charge in [0.05, 0.1) is 22.5 Å². The molecule has 3 rings (SSSR count). The highest BCUT2D eigenvalue weighted by atomic mass is 32.1. The first kappa shape index (κ1) is 20.8. The summed E-state index contributed by atoms with van der Waals surface area (Å²) < 4.78 is 6.76. The van der Waals surface area contributed by atoms with Crippen LogP contribution in [-0.4, -0.2) is 33.1 Å². The van der Waals surface area contributed by atoms with Gasteiger partial charge in [0, 0.05) is 30.3 Å². The zero-order valence-corrected chi connectivity index (χ0v) is 17.0. The Morgan fingerprint density at radius 3 is 2.90 bits per heavy atom. The Balaban J connectivity index is 1.93. The summed E-state index contributed by atoms with van der Waals surface area (Å²) in [5.41, 5.74) is -0.0994. The van der Waals surface area contributed by atoms with Crippen LogP contribution in [-0.2, 0) is 20.9 Å². The summed E-state index contributed by atoms with van der Waals surface area (Å²) >= 11 is 6.31. The first-order valence-corrected chi connectivity index (χ1v) is 10.1. The molecule has 0 aliphatic carbocycles. The average Bonchev–Trinajstić information content (AvgIpc) is 3.15. The highest BCUT2D eigenvalue weighted by molar-refractivity contribution is 7.73. The van der Waals surface area contributed by atoms with E-state index in [0.717, 1.165) is 17.8 Å². The molecule has 2 aromatic rings. The lowest BCUT2D eigenvalue weighted by Crippen LogP contribution is -2.23. The third kappa shape index (κ3) is 4.25. The fourth-order valence-electron chi connectivity index (χ4n) is 2.86. The van der Waals surface area contributed by atoms with Gasteiger partial charge >= 0.3 is 5.97 Å². The minimum absolute atomic E-state index is 0.0819. The molecule has 0 spiro atoms. The van der Waals surface area contributed by atoms with Crippen LogP contribution < -0.4 is 10.6 Å². The molecular formula is C18H17N3O6S2. The van der Waals surface area contributed by atoms with Gasteiger partial charge in [-0.3, -0.25) is 24.3 Å². The van der Waals surface area contributed by atoms with Gasteiger partial charge in [-0.05, 0) is 31.1 Å². The average molecular weight is 435 g/mol. The molecule has 11 heteroatoms. The standard InChI is InChI=1S/C18H17N3O6S2/c1-2-8-27-13(22)4-3-7-20-17(24)15(29-18(20)28)14-11-9-10(21(25)26)5-6-12(11)19-16(14)23/h5-6,9,24H,2-4,7-8H2,1H3. The van der Waals surface area contributed by atoms with E-state index < -0.39 is 10.8 Å².